The second-order valence-electron chi connectivity index (χ2n) is 6.44. The lowest BCUT2D eigenvalue weighted by Crippen LogP contribution is -2.35. The van der Waals surface area contributed by atoms with E-state index in [4.69, 9.17) is 24.4 Å². The molecule has 3 aromatic rings. The van der Waals surface area contributed by atoms with Gasteiger partial charge in [-0.25, -0.2) is 0 Å². The second kappa shape index (κ2) is 9.65. The average molecular weight is 416 g/mol. The lowest BCUT2D eigenvalue weighted by Gasteiger charge is -2.26. The van der Waals surface area contributed by atoms with Crippen molar-refractivity contribution in [1.82, 2.24) is 14.9 Å². The van der Waals surface area contributed by atoms with Crippen molar-refractivity contribution in [3.63, 3.8) is 0 Å². The maximum Gasteiger partial charge on any atom is 0.314 e. The summed E-state index contributed by atoms with van der Waals surface area (Å²) in [4.78, 5) is 24.1. The molecule has 29 heavy (non-hydrogen) atoms. The van der Waals surface area contributed by atoms with Crippen LogP contribution in [0.4, 0.5) is 0 Å². The summed E-state index contributed by atoms with van der Waals surface area (Å²) in [5.74, 6) is 0.0681. The highest BCUT2D eigenvalue weighted by atomic mass is 31.1. The van der Waals surface area contributed by atoms with Crippen LogP contribution in [0.5, 0.6) is 5.88 Å². The highest BCUT2D eigenvalue weighted by molar-refractivity contribution is 7.30. The molecule has 4 rings (SSSR count). The van der Waals surface area contributed by atoms with Gasteiger partial charge in [-0.05, 0) is 29.8 Å². The van der Waals surface area contributed by atoms with Gasteiger partial charge in [-0.15, -0.1) is 0 Å². The molecule has 0 amide bonds. The highest BCUT2D eigenvalue weighted by Gasteiger charge is 2.15. The van der Waals surface area contributed by atoms with Crippen molar-refractivity contribution in [1.29, 1.82) is 5.26 Å². The summed E-state index contributed by atoms with van der Waals surface area (Å²) in [5, 5.41) is 20.2. The molecule has 1 saturated heterocycles. The van der Waals surface area contributed by atoms with Crippen molar-refractivity contribution in [3.05, 3.63) is 47.7 Å². The van der Waals surface area contributed by atoms with Crippen LogP contribution in [0.25, 0.3) is 22.2 Å². The van der Waals surface area contributed by atoms with Crippen LogP contribution in [0, 0.1) is 11.3 Å². The minimum atomic E-state index is -3.13. The number of hydrogen-bond donors (Lipinski definition) is 4. The molecule has 152 valence electrons. The smallest absolute Gasteiger partial charge is 0.314 e. The Hall–Kier alpha value is -2.73. The Morgan fingerprint density at radius 1 is 1.24 bits per heavy atom. The molecule has 0 spiro atoms. The molecule has 0 unspecified atom stereocenters. The number of nitriles is 1. The molecule has 2 aromatic heterocycles. The summed E-state index contributed by atoms with van der Waals surface area (Å²) < 4.78 is 14.1. The Morgan fingerprint density at radius 3 is 2.59 bits per heavy atom. The first-order chi connectivity index (χ1) is 14.0. The summed E-state index contributed by atoms with van der Waals surface area (Å²) >= 11 is 0. The number of aromatic hydroxyl groups is 1. The number of morpholine rings is 1. The Balaban J connectivity index is 0.000000552. The number of nitrogens with zero attached hydrogens (tertiary/aromatic N) is 3. The van der Waals surface area contributed by atoms with Crippen LogP contribution >= 0.6 is 8.25 Å². The van der Waals surface area contributed by atoms with Gasteiger partial charge in [-0.3, -0.25) is 14.4 Å². The Bertz CT molecular complexity index is 1040. The number of rotatable bonds is 3. The number of ether oxygens (including phenoxy) is 1. The molecule has 1 aliphatic heterocycles. The molecule has 10 heteroatoms. The molecule has 1 fully saturated rings. The zero-order valence-electron chi connectivity index (χ0n) is 15.5. The predicted molar refractivity (Wildman–Crippen MR) is 107 cm³/mol. The van der Waals surface area contributed by atoms with Crippen molar-refractivity contribution < 1.29 is 24.2 Å². The van der Waals surface area contributed by atoms with Gasteiger partial charge in [0, 0.05) is 36.7 Å². The van der Waals surface area contributed by atoms with E-state index in [-0.39, 0.29) is 5.88 Å². The quantitative estimate of drug-likeness (QED) is 0.475. The van der Waals surface area contributed by atoms with E-state index in [9.17, 15) is 5.11 Å². The molecule has 0 radical (unpaired) electrons. The van der Waals surface area contributed by atoms with Crippen molar-refractivity contribution in [2.45, 2.75) is 6.54 Å². The van der Waals surface area contributed by atoms with Crippen molar-refractivity contribution in [2.75, 3.05) is 26.3 Å². The minimum Gasteiger partial charge on any atom is -0.494 e. The average Bonchev–Trinajstić information content (AvgIpc) is 3.04. The van der Waals surface area contributed by atoms with Crippen molar-refractivity contribution in [3.8, 4) is 23.2 Å². The summed E-state index contributed by atoms with van der Waals surface area (Å²) in [5.41, 5.74) is 3.78. The molecular formula is C19H21N4O5P. The number of benzene rings is 1. The van der Waals surface area contributed by atoms with E-state index >= 15 is 0 Å². The fraction of sp³-hybridized carbons (Fsp3) is 0.263. The third-order valence-corrected chi connectivity index (χ3v) is 4.50. The first-order valence-electron chi connectivity index (χ1n) is 8.90. The predicted octanol–water partition coefficient (Wildman–Crippen LogP) is 2.00. The molecule has 3 heterocycles. The molecule has 4 N–H and O–H groups in total. The van der Waals surface area contributed by atoms with E-state index in [2.05, 4.69) is 20.9 Å². The highest BCUT2D eigenvalue weighted by Crippen LogP contribution is 2.36. The van der Waals surface area contributed by atoms with Gasteiger partial charge < -0.3 is 24.6 Å². The SMILES string of the molecule is N#Cc1ccc2[nH]c(O)c(-c3ccc(CN4CCOCC4)cn3)c2c1.O=[PH](O)O. The fourth-order valence-electron chi connectivity index (χ4n) is 3.19. The van der Waals surface area contributed by atoms with Crippen LogP contribution in [0.3, 0.4) is 0 Å². The fourth-order valence-corrected chi connectivity index (χ4v) is 3.19. The number of hydrogen-bond acceptors (Lipinski definition) is 6. The number of aromatic nitrogens is 2. The Morgan fingerprint density at radius 2 is 1.97 bits per heavy atom. The molecule has 0 saturated carbocycles. The number of fused-ring (bicyclic) bond motifs is 1. The maximum atomic E-state index is 10.3. The van der Waals surface area contributed by atoms with Crippen molar-refractivity contribution >= 4 is 19.2 Å². The van der Waals surface area contributed by atoms with Gasteiger partial charge in [0.15, 0.2) is 5.88 Å². The zero-order valence-corrected chi connectivity index (χ0v) is 16.5. The summed E-state index contributed by atoms with van der Waals surface area (Å²) in [6, 6.07) is 11.4. The molecule has 9 nitrogen and oxygen atoms in total. The number of nitrogens with one attached hydrogen (secondary N) is 1. The third-order valence-electron chi connectivity index (χ3n) is 4.50. The van der Waals surface area contributed by atoms with Gasteiger partial charge in [-0.1, -0.05) is 6.07 Å². The van der Waals surface area contributed by atoms with Crippen LogP contribution in [0.2, 0.25) is 0 Å². The van der Waals surface area contributed by atoms with E-state index in [0.29, 0.717) is 16.8 Å². The standard InChI is InChI=1S/C19H18N4O2.H3O3P/c20-10-13-1-3-16-15(9-13)18(19(24)22-16)17-4-2-14(11-21-17)12-23-5-7-25-8-6-23;1-4(2)3/h1-4,9,11,22,24H,5-8,12H2;4H,(H2,1,2,3). The molecule has 0 atom stereocenters. The van der Waals surface area contributed by atoms with E-state index in [1.165, 1.54) is 0 Å². The second-order valence-corrected chi connectivity index (χ2v) is 7.01. The zero-order chi connectivity index (χ0) is 20.8. The molecule has 1 aromatic carbocycles. The normalized spacial score (nSPS) is 14.4. The minimum absolute atomic E-state index is 0.0681. The van der Waals surface area contributed by atoms with Gasteiger partial charge in [0.05, 0.1) is 36.1 Å². The maximum absolute atomic E-state index is 10.3. The van der Waals surface area contributed by atoms with Crippen LogP contribution in [0.1, 0.15) is 11.1 Å². The van der Waals surface area contributed by atoms with Gasteiger partial charge >= 0.3 is 8.25 Å². The first kappa shape index (κ1) is 21.0. The van der Waals surface area contributed by atoms with Crippen molar-refractivity contribution in [2.24, 2.45) is 0 Å². The molecule has 1 aliphatic rings. The van der Waals surface area contributed by atoms with E-state index in [0.717, 1.165) is 49.3 Å². The number of pyridine rings is 1. The van der Waals surface area contributed by atoms with Gasteiger partial charge in [0.1, 0.15) is 0 Å². The molecule has 0 aliphatic carbocycles. The first-order valence-corrected chi connectivity index (χ1v) is 10.2. The summed E-state index contributed by atoms with van der Waals surface area (Å²) in [6.07, 6.45) is 1.84. The van der Waals surface area contributed by atoms with Gasteiger partial charge in [0.25, 0.3) is 0 Å². The number of aromatic amines is 1. The topological polar surface area (TPSA) is 143 Å². The Kier molecular flexibility index (Phi) is 6.99. The molecular weight excluding hydrogens is 395 g/mol. The number of H-pyrrole nitrogens is 1. The Labute approximate surface area is 167 Å². The lowest BCUT2D eigenvalue weighted by molar-refractivity contribution is 0.0341. The van der Waals surface area contributed by atoms with Crippen LogP contribution in [-0.2, 0) is 15.8 Å². The van der Waals surface area contributed by atoms with Crippen LogP contribution < -0.4 is 0 Å². The van der Waals surface area contributed by atoms with E-state index in [1.54, 1.807) is 18.2 Å². The van der Waals surface area contributed by atoms with Gasteiger partial charge in [-0.2, -0.15) is 5.26 Å². The summed E-state index contributed by atoms with van der Waals surface area (Å²) in [6.45, 7) is 4.25. The van der Waals surface area contributed by atoms with Crippen LogP contribution in [0.15, 0.2) is 36.5 Å². The van der Waals surface area contributed by atoms with Gasteiger partial charge in [0.2, 0.25) is 0 Å². The summed E-state index contributed by atoms with van der Waals surface area (Å²) in [7, 11) is -3.13. The van der Waals surface area contributed by atoms with E-state index in [1.807, 2.05) is 18.3 Å². The third kappa shape index (κ3) is 5.41. The van der Waals surface area contributed by atoms with E-state index < -0.39 is 8.25 Å². The van der Waals surface area contributed by atoms with Crippen LogP contribution in [-0.4, -0.2) is 56.1 Å². The lowest BCUT2D eigenvalue weighted by atomic mass is 10.1. The largest absolute Gasteiger partial charge is 0.494 e. The molecule has 0 bridgehead atoms. The monoisotopic (exact) mass is 416 g/mol.